The number of halogens is 2. The Balaban J connectivity index is 2.14. The Hall–Kier alpha value is -1.65. The van der Waals surface area contributed by atoms with Gasteiger partial charge in [0, 0.05) is 17.6 Å². The van der Waals surface area contributed by atoms with E-state index in [1.165, 1.54) is 12.5 Å². The van der Waals surface area contributed by atoms with Crippen molar-refractivity contribution in [2.75, 3.05) is 0 Å². The highest BCUT2D eigenvalue weighted by Crippen LogP contribution is 2.23. The Labute approximate surface area is 118 Å². The minimum atomic E-state index is -2.82. The molecule has 20 heavy (non-hydrogen) atoms. The van der Waals surface area contributed by atoms with Gasteiger partial charge >= 0.3 is 6.61 Å². The highest BCUT2D eigenvalue weighted by atomic mass is 19.3. The first kappa shape index (κ1) is 14.8. The highest BCUT2D eigenvalue weighted by molar-refractivity contribution is 5.83. The van der Waals surface area contributed by atoms with E-state index in [4.69, 9.17) is 0 Å². The Morgan fingerprint density at radius 3 is 2.55 bits per heavy atom. The zero-order chi connectivity index (χ0) is 14.5. The molecule has 0 bridgehead atoms. The van der Waals surface area contributed by atoms with Gasteiger partial charge in [0.2, 0.25) is 0 Å². The molecule has 0 spiro atoms. The van der Waals surface area contributed by atoms with E-state index in [-0.39, 0.29) is 5.75 Å². The first-order chi connectivity index (χ1) is 9.58. The Morgan fingerprint density at radius 1 is 1.25 bits per heavy atom. The normalized spacial score (nSPS) is 23.6. The van der Waals surface area contributed by atoms with E-state index in [0.717, 1.165) is 12.8 Å². The predicted octanol–water partition coefficient (Wildman–Crippen LogP) is 3.88. The average molecular weight is 282 g/mol. The van der Waals surface area contributed by atoms with Crippen LogP contribution in [0.2, 0.25) is 0 Å². The second-order valence-corrected chi connectivity index (χ2v) is 5.17. The fourth-order valence-electron chi connectivity index (χ4n) is 2.55. The smallest absolute Gasteiger partial charge is 0.387 e. The third kappa shape index (κ3) is 3.68. The third-order valence-electron chi connectivity index (χ3n) is 3.61. The number of piperidine rings is 1. The molecule has 110 valence electrons. The van der Waals surface area contributed by atoms with Crippen molar-refractivity contribution >= 4 is 6.21 Å². The van der Waals surface area contributed by atoms with E-state index in [0.29, 0.717) is 17.6 Å². The van der Waals surface area contributed by atoms with Gasteiger partial charge in [-0.2, -0.15) is 13.9 Å². The summed E-state index contributed by atoms with van der Waals surface area (Å²) in [4.78, 5) is 0. The van der Waals surface area contributed by atoms with Crippen LogP contribution in [0.1, 0.15) is 38.7 Å². The van der Waals surface area contributed by atoms with Crippen LogP contribution in [0, 0.1) is 0 Å². The number of nitrogens with zero attached hydrogens (tertiary/aromatic N) is 2. The zero-order valence-electron chi connectivity index (χ0n) is 11.8. The molecule has 2 unspecified atom stereocenters. The molecule has 1 aromatic rings. The molecule has 1 fully saturated rings. The fourth-order valence-corrected chi connectivity index (χ4v) is 2.55. The Bertz CT molecular complexity index is 455. The average Bonchev–Trinajstić information content (AvgIpc) is 2.39. The van der Waals surface area contributed by atoms with Crippen molar-refractivity contribution in [2.45, 2.75) is 51.8 Å². The lowest BCUT2D eigenvalue weighted by molar-refractivity contribution is -0.0499. The van der Waals surface area contributed by atoms with Gasteiger partial charge in [0.05, 0.1) is 6.21 Å². The predicted molar refractivity (Wildman–Crippen MR) is 75.3 cm³/mol. The number of hydrazone groups is 1. The summed E-state index contributed by atoms with van der Waals surface area (Å²) in [6.07, 6.45) is 5.03. The number of para-hydroxylation sites is 1. The molecule has 0 radical (unpaired) electrons. The van der Waals surface area contributed by atoms with Crippen LogP contribution in [0.3, 0.4) is 0 Å². The topological polar surface area (TPSA) is 24.8 Å². The standard InChI is InChI=1S/C15H20F2N2O/c1-11-6-5-7-12(2)19(11)18-10-13-8-3-4-9-14(13)20-15(16)17/h3-4,8-12,15H,5-7H2,1-2H3/b18-10+. The van der Waals surface area contributed by atoms with Gasteiger partial charge in [-0.15, -0.1) is 0 Å². The summed E-state index contributed by atoms with van der Waals surface area (Å²) in [5.41, 5.74) is 0.567. The van der Waals surface area contributed by atoms with Crippen LogP contribution >= 0.6 is 0 Å². The van der Waals surface area contributed by atoms with Gasteiger partial charge in [0.1, 0.15) is 5.75 Å². The van der Waals surface area contributed by atoms with Crippen molar-refractivity contribution in [3.8, 4) is 5.75 Å². The van der Waals surface area contributed by atoms with Crippen molar-refractivity contribution < 1.29 is 13.5 Å². The first-order valence-electron chi connectivity index (χ1n) is 6.94. The molecule has 0 amide bonds. The lowest BCUT2D eigenvalue weighted by Gasteiger charge is -2.36. The van der Waals surface area contributed by atoms with E-state index in [2.05, 4.69) is 23.7 Å². The van der Waals surface area contributed by atoms with E-state index < -0.39 is 6.61 Å². The maximum Gasteiger partial charge on any atom is 0.387 e. The monoisotopic (exact) mass is 282 g/mol. The van der Waals surface area contributed by atoms with Gasteiger partial charge in [-0.05, 0) is 45.2 Å². The first-order valence-corrected chi connectivity index (χ1v) is 6.94. The molecule has 1 aliphatic rings. The number of alkyl halides is 2. The molecule has 0 aliphatic carbocycles. The van der Waals surface area contributed by atoms with Crippen LogP contribution in [0.4, 0.5) is 8.78 Å². The Kier molecular flexibility index (Phi) is 4.93. The van der Waals surface area contributed by atoms with Crippen molar-refractivity contribution in [2.24, 2.45) is 5.10 Å². The minimum absolute atomic E-state index is 0.156. The van der Waals surface area contributed by atoms with Crippen LogP contribution in [0.5, 0.6) is 5.75 Å². The molecular formula is C15H20F2N2O. The summed E-state index contributed by atoms with van der Waals surface area (Å²) in [5.74, 6) is 0.156. The second kappa shape index (κ2) is 6.68. The van der Waals surface area contributed by atoms with Gasteiger partial charge < -0.3 is 4.74 Å². The largest absolute Gasteiger partial charge is 0.434 e. The Morgan fingerprint density at radius 2 is 1.90 bits per heavy atom. The summed E-state index contributed by atoms with van der Waals surface area (Å²) in [6.45, 7) is 1.45. The number of ether oxygens (including phenoxy) is 1. The SMILES string of the molecule is CC1CCCC(C)N1/N=C/c1ccccc1OC(F)F. The highest BCUT2D eigenvalue weighted by Gasteiger charge is 2.22. The summed E-state index contributed by atoms with van der Waals surface area (Å²) in [6, 6.07) is 7.44. The number of rotatable bonds is 4. The van der Waals surface area contributed by atoms with Crippen LogP contribution in [0.15, 0.2) is 29.4 Å². The molecule has 3 nitrogen and oxygen atoms in total. The molecule has 1 heterocycles. The van der Waals surface area contributed by atoms with E-state index in [9.17, 15) is 8.78 Å². The lowest BCUT2D eigenvalue weighted by Crippen LogP contribution is -2.39. The quantitative estimate of drug-likeness (QED) is 0.783. The fraction of sp³-hybridized carbons (Fsp3) is 0.533. The van der Waals surface area contributed by atoms with Crippen LogP contribution in [-0.4, -0.2) is 29.9 Å². The molecule has 1 saturated heterocycles. The maximum absolute atomic E-state index is 12.3. The van der Waals surface area contributed by atoms with Gasteiger partial charge in [-0.3, -0.25) is 5.01 Å². The molecule has 2 atom stereocenters. The zero-order valence-corrected chi connectivity index (χ0v) is 11.8. The number of hydrogen-bond acceptors (Lipinski definition) is 3. The second-order valence-electron chi connectivity index (χ2n) is 5.17. The third-order valence-corrected chi connectivity index (χ3v) is 3.61. The molecule has 2 rings (SSSR count). The molecule has 0 aromatic heterocycles. The lowest BCUT2D eigenvalue weighted by atomic mass is 10.00. The van der Waals surface area contributed by atoms with Crippen molar-refractivity contribution in [1.82, 2.24) is 5.01 Å². The summed E-state index contributed by atoms with van der Waals surface area (Å²) in [7, 11) is 0. The molecule has 5 heteroatoms. The number of benzene rings is 1. The summed E-state index contributed by atoms with van der Waals surface area (Å²) in [5, 5.41) is 6.51. The molecule has 1 aliphatic heterocycles. The van der Waals surface area contributed by atoms with Gasteiger partial charge in [-0.1, -0.05) is 12.1 Å². The van der Waals surface area contributed by atoms with Crippen molar-refractivity contribution in [3.63, 3.8) is 0 Å². The van der Waals surface area contributed by atoms with Crippen molar-refractivity contribution in [3.05, 3.63) is 29.8 Å². The summed E-state index contributed by atoms with van der Waals surface area (Å²) >= 11 is 0. The van der Waals surface area contributed by atoms with Gasteiger partial charge in [0.25, 0.3) is 0 Å². The van der Waals surface area contributed by atoms with Crippen LogP contribution in [0.25, 0.3) is 0 Å². The number of hydrogen-bond donors (Lipinski definition) is 0. The molecular weight excluding hydrogens is 262 g/mol. The van der Waals surface area contributed by atoms with Gasteiger partial charge in [0.15, 0.2) is 0 Å². The molecule has 0 N–H and O–H groups in total. The van der Waals surface area contributed by atoms with E-state index in [1.54, 1.807) is 24.4 Å². The van der Waals surface area contributed by atoms with E-state index >= 15 is 0 Å². The molecule has 0 saturated carbocycles. The molecule has 1 aromatic carbocycles. The van der Waals surface area contributed by atoms with Gasteiger partial charge in [-0.25, -0.2) is 0 Å². The minimum Gasteiger partial charge on any atom is -0.434 e. The van der Waals surface area contributed by atoms with Crippen molar-refractivity contribution in [1.29, 1.82) is 0 Å². The van der Waals surface area contributed by atoms with Crippen LogP contribution < -0.4 is 4.74 Å². The van der Waals surface area contributed by atoms with Crippen LogP contribution in [-0.2, 0) is 0 Å². The van der Waals surface area contributed by atoms with E-state index in [1.807, 2.05) is 5.01 Å². The maximum atomic E-state index is 12.3. The summed E-state index contributed by atoms with van der Waals surface area (Å²) < 4.78 is 29.2.